The zero-order valence-corrected chi connectivity index (χ0v) is 12.5. The predicted molar refractivity (Wildman–Crippen MR) is 70.8 cm³/mol. The van der Waals surface area contributed by atoms with E-state index in [1.165, 1.54) is 0 Å². The standard InChI is InChI=1S/C6H12O6.C3H8NO6P/c7-1-3(9)5(11)6(12)4(10)2-8;4-2(3(5)6)1-10-11(7,8)9/h1,3-6,8-12H,2H2;2H,1,4H2,(H,5,6)(H2,7,8,9)/t3-,4+,5+,6+;2-/m00/s1. The molecule has 0 amide bonds. The molecule has 0 saturated heterocycles. The van der Waals surface area contributed by atoms with E-state index in [4.69, 9.17) is 46.2 Å². The van der Waals surface area contributed by atoms with E-state index in [0.29, 0.717) is 0 Å². The van der Waals surface area contributed by atoms with Crippen molar-refractivity contribution in [2.45, 2.75) is 30.5 Å². The number of carbonyl (C=O) groups is 2. The van der Waals surface area contributed by atoms with Crippen LogP contribution in [0.4, 0.5) is 0 Å². The monoisotopic (exact) mass is 365 g/mol. The molecule has 0 aromatic carbocycles. The fraction of sp³-hybridized carbons (Fsp3) is 0.778. The van der Waals surface area contributed by atoms with Crippen LogP contribution in [0.2, 0.25) is 0 Å². The third kappa shape index (κ3) is 12.1. The number of aliphatic hydroxyl groups excluding tert-OH is 5. The van der Waals surface area contributed by atoms with E-state index < -0.39 is 57.5 Å². The van der Waals surface area contributed by atoms with Gasteiger partial charge in [0.1, 0.15) is 30.5 Å². The Hall–Kier alpha value is -0.990. The lowest BCUT2D eigenvalue weighted by Crippen LogP contribution is -2.46. The lowest BCUT2D eigenvalue weighted by atomic mass is 10.0. The van der Waals surface area contributed by atoms with Gasteiger partial charge in [-0.1, -0.05) is 0 Å². The van der Waals surface area contributed by atoms with Crippen LogP contribution in [-0.4, -0.2) is 96.4 Å². The molecule has 138 valence electrons. The number of rotatable bonds is 9. The summed E-state index contributed by atoms with van der Waals surface area (Å²) in [6.45, 7) is -1.47. The molecule has 5 atom stereocenters. The van der Waals surface area contributed by atoms with E-state index in [-0.39, 0.29) is 6.29 Å². The van der Waals surface area contributed by atoms with Crippen molar-refractivity contribution in [1.82, 2.24) is 0 Å². The molecule has 0 fully saturated rings. The molecule has 0 aromatic rings. The van der Waals surface area contributed by atoms with E-state index in [1.807, 2.05) is 0 Å². The van der Waals surface area contributed by atoms with E-state index >= 15 is 0 Å². The molecule has 0 bridgehead atoms. The molecule has 0 aliphatic heterocycles. The number of aliphatic hydroxyl groups is 5. The van der Waals surface area contributed by atoms with Crippen molar-refractivity contribution in [2.24, 2.45) is 5.73 Å². The molecule has 0 spiro atoms. The molecule has 0 aliphatic carbocycles. The zero-order valence-electron chi connectivity index (χ0n) is 11.6. The summed E-state index contributed by atoms with van der Waals surface area (Å²) < 4.78 is 13.8. The molecular weight excluding hydrogens is 345 g/mol. The minimum Gasteiger partial charge on any atom is -0.480 e. The Morgan fingerprint density at radius 2 is 1.65 bits per heavy atom. The first-order chi connectivity index (χ1) is 10.4. The number of hydrogen-bond donors (Lipinski definition) is 9. The average Bonchev–Trinajstić information content (AvgIpc) is 2.48. The Bertz CT molecular complexity index is 400. The number of aldehydes is 1. The van der Waals surface area contributed by atoms with Gasteiger partial charge in [0.15, 0.2) is 6.29 Å². The van der Waals surface area contributed by atoms with E-state index in [2.05, 4.69) is 4.52 Å². The number of aliphatic carboxylic acids is 1. The highest BCUT2D eigenvalue weighted by molar-refractivity contribution is 7.46. The highest BCUT2D eigenvalue weighted by Crippen LogP contribution is 2.35. The summed E-state index contributed by atoms with van der Waals surface area (Å²) in [5.41, 5.74) is 4.86. The summed E-state index contributed by atoms with van der Waals surface area (Å²) in [6, 6.07) is -1.41. The SMILES string of the molecule is N[C@@H](COP(=O)(O)O)C(=O)O.O=C[C@H](O)[C@@H](O)[C@H](O)[C@H](O)CO. The van der Waals surface area contributed by atoms with Crippen molar-refractivity contribution in [1.29, 1.82) is 0 Å². The molecule has 0 radical (unpaired) electrons. The fourth-order valence-corrected chi connectivity index (χ4v) is 1.22. The van der Waals surface area contributed by atoms with E-state index in [0.717, 1.165) is 0 Å². The summed E-state index contributed by atoms with van der Waals surface area (Å²) in [5, 5.41) is 51.7. The topological polar surface area (TPSA) is 248 Å². The van der Waals surface area contributed by atoms with Crippen LogP contribution >= 0.6 is 7.82 Å². The van der Waals surface area contributed by atoms with Gasteiger partial charge in [0.2, 0.25) is 0 Å². The van der Waals surface area contributed by atoms with Crippen LogP contribution < -0.4 is 5.73 Å². The largest absolute Gasteiger partial charge is 0.480 e. The molecular formula is C9H20NO12P. The van der Waals surface area contributed by atoms with Crippen LogP contribution in [0.25, 0.3) is 0 Å². The van der Waals surface area contributed by atoms with Gasteiger partial charge in [-0.3, -0.25) is 9.32 Å². The predicted octanol–water partition coefficient (Wildman–Crippen LogP) is -4.87. The molecule has 0 rings (SSSR count). The van der Waals surface area contributed by atoms with Crippen LogP contribution in [0.3, 0.4) is 0 Å². The molecule has 0 heterocycles. The molecule has 0 aromatic heterocycles. The summed E-state index contributed by atoms with van der Waals surface area (Å²) in [7, 11) is -4.60. The van der Waals surface area contributed by atoms with Crippen molar-refractivity contribution in [3.8, 4) is 0 Å². The van der Waals surface area contributed by atoms with Crippen molar-refractivity contribution in [3.63, 3.8) is 0 Å². The smallest absolute Gasteiger partial charge is 0.469 e. The van der Waals surface area contributed by atoms with Gasteiger partial charge in [0.25, 0.3) is 0 Å². The maximum atomic E-state index is 9.98. The van der Waals surface area contributed by atoms with Crippen molar-refractivity contribution < 1.29 is 59.1 Å². The molecule has 23 heavy (non-hydrogen) atoms. The molecule has 0 saturated carbocycles. The minimum atomic E-state index is -4.60. The van der Waals surface area contributed by atoms with Crippen LogP contribution in [0.15, 0.2) is 0 Å². The summed E-state index contributed by atoms with van der Waals surface area (Å²) in [4.78, 5) is 36.0. The van der Waals surface area contributed by atoms with Crippen molar-refractivity contribution in [2.75, 3.05) is 13.2 Å². The number of nitrogens with two attached hydrogens (primary N) is 1. The second-order valence-corrected chi connectivity index (χ2v) is 5.33. The Balaban J connectivity index is 0. The lowest BCUT2D eigenvalue weighted by molar-refractivity contribution is -0.139. The quantitative estimate of drug-likeness (QED) is 0.137. The first-order valence-electron chi connectivity index (χ1n) is 5.84. The van der Waals surface area contributed by atoms with Gasteiger partial charge in [-0.25, -0.2) is 4.57 Å². The molecule has 0 unspecified atom stereocenters. The Labute approximate surface area is 129 Å². The van der Waals surface area contributed by atoms with Crippen molar-refractivity contribution >= 4 is 20.1 Å². The van der Waals surface area contributed by atoms with Gasteiger partial charge in [-0.15, -0.1) is 0 Å². The van der Waals surface area contributed by atoms with Crippen LogP contribution in [-0.2, 0) is 18.7 Å². The summed E-state index contributed by atoms with van der Waals surface area (Å²) >= 11 is 0. The van der Waals surface area contributed by atoms with Gasteiger partial charge >= 0.3 is 13.8 Å². The van der Waals surface area contributed by atoms with Gasteiger partial charge in [0.05, 0.1) is 13.2 Å². The number of phosphoric acid groups is 1. The lowest BCUT2D eigenvalue weighted by Gasteiger charge is -2.22. The number of carbonyl (C=O) groups excluding carboxylic acids is 1. The van der Waals surface area contributed by atoms with Gasteiger partial charge in [0, 0.05) is 0 Å². The van der Waals surface area contributed by atoms with Gasteiger partial charge < -0.3 is 51.0 Å². The highest BCUT2D eigenvalue weighted by Gasteiger charge is 2.29. The minimum absolute atomic E-state index is 0.0258. The van der Waals surface area contributed by atoms with Gasteiger partial charge in [-0.05, 0) is 0 Å². The van der Waals surface area contributed by atoms with Crippen LogP contribution in [0.5, 0.6) is 0 Å². The maximum absolute atomic E-state index is 9.98. The third-order valence-electron chi connectivity index (χ3n) is 2.16. The normalized spacial score (nSPS) is 17.9. The first-order valence-corrected chi connectivity index (χ1v) is 7.37. The van der Waals surface area contributed by atoms with Crippen molar-refractivity contribution in [3.05, 3.63) is 0 Å². The second-order valence-electron chi connectivity index (χ2n) is 4.09. The number of carboxylic acids is 1. The Kier molecular flexibility index (Phi) is 12.2. The molecule has 13 nitrogen and oxygen atoms in total. The summed E-state index contributed by atoms with van der Waals surface area (Å²) in [6.07, 6.45) is -6.84. The Morgan fingerprint density at radius 3 is 1.96 bits per heavy atom. The van der Waals surface area contributed by atoms with Gasteiger partial charge in [-0.2, -0.15) is 0 Å². The van der Waals surface area contributed by atoms with E-state index in [9.17, 15) is 14.2 Å². The van der Waals surface area contributed by atoms with E-state index in [1.54, 1.807) is 0 Å². The highest BCUT2D eigenvalue weighted by atomic mass is 31.2. The molecule has 14 heteroatoms. The number of carboxylic acid groups (broad SMARTS) is 1. The number of hydrogen-bond acceptors (Lipinski definition) is 10. The first kappa shape index (κ1) is 24.3. The maximum Gasteiger partial charge on any atom is 0.469 e. The molecule has 10 N–H and O–H groups in total. The fourth-order valence-electron chi connectivity index (χ4n) is 0.867. The summed E-state index contributed by atoms with van der Waals surface area (Å²) in [5.74, 6) is -1.38. The van der Waals surface area contributed by atoms with Crippen LogP contribution in [0, 0.1) is 0 Å². The Morgan fingerprint density at radius 1 is 1.17 bits per heavy atom. The average molecular weight is 365 g/mol. The molecule has 0 aliphatic rings. The zero-order chi connectivity index (χ0) is 18.8. The van der Waals surface area contributed by atoms with Crippen LogP contribution in [0.1, 0.15) is 0 Å². The number of phosphoric ester groups is 1. The third-order valence-corrected chi connectivity index (χ3v) is 2.65. The second kappa shape index (κ2) is 11.5.